The Morgan fingerprint density at radius 2 is 1.36 bits per heavy atom. The number of imidazole rings is 1. The Morgan fingerprint density at radius 3 is 2.12 bits per heavy atom. The van der Waals surface area contributed by atoms with Crippen molar-refractivity contribution in [1.82, 2.24) is 9.55 Å². The molecule has 4 aromatic carbocycles. The van der Waals surface area contributed by atoms with Crippen LogP contribution >= 0.6 is 0 Å². The molecule has 0 aliphatic carbocycles. The summed E-state index contributed by atoms with van der Waals surface area (Å²) < 4.78 is 8.08. The number of methoxy groups -OCH3 is 1. The highest BCUT2D eigenvalue weighted by Crippen LogP contribution is 2.46. The number of anilines is 1. The van der Waals surface area contributed by atoms with E-state index >= 15 is 0 Å². The number of aromatic nitrogens is 2. The van der Waals surface area contributed by atoms with Crippen molar-refractivity contribution in [2.24, 2.45) is 0 Å². The second-order valence-corrected chi connectivity index (χ2v) is 8.07. The average Bonchev–Trinajstić information content (AvgIpc) is 3.30. The molecule has 0 saturated carbocycles. The first-order valence-electron chi connectivity index (χ1n) is 11.1. The Labute approximate surface area is 193 Å². The summed E-state index contributed by atoms with van der Waals surface area (Å²) in [5.41, 5.74) is 7.47. The normalized spacial score (nSPS) is 14.2. The van der Waals surface area contributed by atoms with Crippen LogP contribution in [0.1, 0.15) is 11.7 Å². The Bertz CT molecular complexity index is 1420. The molecular weight excluding hydrogens is 406 g/mol. The minimum Gasteiger partial charge on any atom is -0.496 e. The minimum atomic E-state index is -0.175. The fourth-order valence-corrected chi connectivity index (χ4v) is 4.67. The summed E-state index contributed by atoms with van der Waals surface area (Å²) in [5, 5.41) is 3.76. The number of hydrogen-bond acceptors (Lipinski definition) is 3. The van der Waals surface area contributed by atoms with E-state index < -0.39 is 0 Å². The topological polar surface area (TPSA) is 39.1 Å². The third-order valence-electron chi connectivity index (χ3n) is 6.16. The van der Waals surface area contributed by atoms with Crippen LogP contribution in [0.5, 0.6) is 5.75 Å². The number of hydrogen-bond donors (Lipinski definition) is 1. The molecule has 33 heavy (non-hydrogen) atoms. The van der Waals surface area contributed by atoms with Crippen LogP contribution < -0.4 is 10.1 Å². The van der Waals surface area contributed by atoms with Gasteiger partial charge in [-0.15, -0.1) is 0 Å². The van der Waals surface area contributed by atoms with Crippen molar-refractivity contribution >= 4 is 5.69 Å². The summed E-state index contributed by atoms with van der Waals surface area (Å²) in [4.78, 5) is 5.25. The van der Waals surface area contributed by atoms with Gasteiger partial charge in [0, 0.05) is 27.9 Å². The van der Waals surface area contributed by atoms with Crippen molar-refractivity contribution in [2.45, 2.75) is 6.17 Å². The van der Waals surface area contributed by atoms with Gasteiger partial charge in [-0.25, -0.2) is 4.98 Å². The van der Waals surface area contributed by atoms with Crippen LogP contribution in [0.15, 0.2) is 109 Å². The van der Waals surface area contributed by atoms with Crippen LogP contribution in [0.2, 0.25) is 0 Å². The molecule has 1 aliphatic rings. The van der Waals surface area contributed by atoms with Crippen LogP contribution in [0.25, 0.3) is 33.9 Å². The zero-order chi connectivity index (χ0) is 22.2. The molecule has 1 N–H and O–H groups in total. The summed E-state index contributed by atoms with van der Waals surface area (Å²) in [7, 11) is 1.72. The van der Waals surface area contributed by atoms with Crippen molar-refractivity contribution < 1.29 is 4.74 Å². The van der Waals surface area contributed by atoms with Gasteiger partial charge in [0.1, 0.15) is 17.7 Å². The Kier molecular flexibility index (Phi) is 4.69. The summed E-state index contributed by atoms with van der Waals surface area (Å²) >= 11 is 0. The molecule has 160 valence electrons. The maximum atomic E-state index is 5.76. The van der Waals surface area contributed by atoms with Gasteiger partial charge in [-0.3, -0.25) is 4.57 Å². The molecule has 0 bridgehead atoms. The first-order chi connectivity index (χ1) is 16.3. The van der Waals surface area contributed by atoms with E-state index in [-0.39, 0.29) is 6.17 Å². The van der Waals surface area contributed by atoms with E-state index in [0.29, 0.717) is 0 Å². The smallest absolute Gasteiger partial charge is 0.145 e. The maximum absolute atomic E-state index is 5.76. The standard InChI is InChI=1S/C29H23N3O/c1-33-25-19-11-9-17-23(25)29-30-24-18-10-8-16-22(24)28-31-26(20-12-4-2-5-13-20)27(32(28)29)21-14-6-3-7-15-21/h2-19,29-30H,1H3. The number of nitrogens with zero attached hydrogens (tertiary/aromatic N) is 2. The zero-order valence-corrected chi connectivity index (χ0v) is 18.3. The van der Waals surface area contributed by atoms with Gasteiger partial charge in [0.25, 0.3) is 0 Å². The van der Waals surface area contributed by atoms with Gasteiger partial charge < -0.3 is 10.1 Å². The molecule has 2 heterocycles. The lowest BCUT2D eigenvalue weighted by molar-refractivity contribution is 0.404. The molecule has 6 rings (SSSR count). The second kappa shape index (κ2) is 7.99. The van der Waals surface area contributed by atoms with Crippen molar-refractivity contribution in [3.8, 4) is 39.7 Å². The van der Waals surface area contributed by atoms with E-state index in [1.807, 2.05) is 24.3 Å². The second-order valence-electron chi connectivity index (χ2n) is 8.07. The van der Waals surface area contributed by atoms with Gasteiger partial charge >= 0.3 is 0 Å². The van der Waals surface area contributed by atoms with Crippen LogP contribution in [0.4, 0.5) is 5.69 Å². The van der Waals surface area contributed by atoms with Gasteiger partial charge in [0.15, 0.2) is 0 Å². The number of para-hydroxylation sites is 2. The molecule has 0 fully saturated rings. The zero-order valence-electron chi connectivity index (χ0n) is 18.3. The third-order valence-corrected chi connectivity index (χ3v) is 6.16. The predicted octanol–water partition coefficient (Wildman–Crippen LogP) is 6.87. The Hall–Kier alpha value is -4.31. The third kappa shape index (κ3) is 3.19. The minimum absolute atomic E-state index is 0.175. The SMILES string of the molecule is COc1ccccc1C1Nc2ccccc2-c2nc(-c3ccccc3)c(-c3ccccc3)n21. The molecule has 0 spiro atoms. The van der Waals surface area contributed by atoms with Gasteiger partial charge in [0.05, 0.1) is 18.5 Å². The van der Waals surface area contributed by atoms with Gasteiger partial charge in [-0.05, 0) is 18.2 Å². The molecular formula is C29H23N3O. The summed E-state index contributed by atoms with van der Waals surface area (Å²) in [5.74, 6) is 1.78. The Balaban J connectivity index is 1.71. The van der Waals surface area contributed by atoms with E-state index in [1.54, 1.807) is 7.11 Å². The average molecular weight is 430 g/mol. The van der Waals surface area contributed by atoms with Crippen molar-refractivity contribution in [3.05, 3.63) is 115 Å². The number of fused-ring (bicyclic) bond motifs is 3. The van der Waals surface area contributed by atoms with Crippen molar-refractivity contribution in [1.29, 1.82) is 0 Å². The van der Waals surface area contributed by atoms with Gasteiger partial charge in [-0.1, -0.05) is 91.0 Å². The molecule has 1 aromatic heterocycles. The van der Waals surface area contributed by atoms with E-state index in [9.17, 15) is 0 Å². The number of nitrogens with one attached hydrogen (secondary N) is 1. The van der Waals surface area contributed by atoms with Gasteiger partial charge in [0.2, 0.25) is 0 Å². The number of rotatable bonds is 4. The molecule has 4 heteroatoms. The fraction of sp³-hybridized carbons (Fsp3) is 0.0690. The highest BCUT2D eigenvalue weighted by Gasteiger charge is 2.32. The quantitative estimate of drug-likeness (QED) is 0.339. The van der Waals surface area contributed by atoms with Crippen molar-refractivity contribution in [2.75, 3.05) is 12.4 Å². The molecule has 0 amide bonds. The van der Waals surface area contributed by atoms with Crippen LogP contribution in [0.3, 0.4) is 0 Å². The Morgan fingerprint density at radius 1 is 0.727 bits per heavy atom. The monoisotopic (exact) mass is 429 g/mol. The maximum Gasteiger partial charge on any atom is 0.145 e. The molecule has 1 unspecified atom stereocenters. The molecule has 1 aliphatic heterocycles. The largest absolute Gasteiger partial charge is 0.496 e. The highest BCUT2D eigenvalue weighted by molar-refractivity contribution is 5.87. The number of benzene rings is 4. The summed E-state index contributed by atoms with van der Waals surface area (Å²) in [6.07, 6.45) is -0.175. The molecule has 0 saturated heterocycles. The van der Waals surface area contributed by atoms with Crippen LogP contribution in [0, 0.1) is 0 Å². The van der Waals surface area contributed by atoms with E-state index in [1.165, 1.54) is 0 Å². The predicted molar refractivity (Wildman–Crippen MR) is 133 cm³/mol. The first kappa shape index (κ1) is 19.4. The molecule has 0 radical (unpaired) electrons. The summed E-state index contributed by atoms with van der Waals surface area (Å²) in [6, 6.07) is 37.4. The summed E-state index contributed by atoms with van der Waals surface area (Å²) in [6.45, 7) is 0. The first-order valence-corrected chi connectivity index (χ1v) is 11.1. The lowest BCUT2D eigenvalue weighted by Crippen LogP contribution is -2.26. The lowest BCUT2D eigenvalue weighted by Gasteiger charge is -2.32. The lowest BCUT2D eigenvalue weighted by atomic mass is 10.0. The fourth-order valence-electron chi connectivity index (χ4n) is 4.67. The van der Waals surface area contributed by atoms with E-state index in [2.05, 4.69) is 94.8 Å². The van der Waals surface area contributed by atoms with Crippen LogP contribution in [-0.2, 0) is 0 Å². The number of ether oxygens (including phenoxy) is 1. The highest BCUT2D eigenvalue weighted by atomic mass is 16.5. The molecule has 1 atom stereocenters. The van der Waals surface area contributed by atoms with E-state index in [4.69, 9.17) is 9.72 Å². The molecule has 4 nitrogen and oxygen atoms in total. The molecule has 5 aromatic rings. The van der Waals surface area contributed by atoms with E-state index in [0.717, 1.165) is 50.9 Å². The van der Waals surface area contributed by atoms with Crippen LogP contribution in [-0.4, -0.2) is 16.7 Å². The van der Waals surface area contributed by atoms with Gasteiger partial charge in [-0.2, -0.15) is 0 Å². The van der Waals surface area contributed by atoms with Crippen molar-refractivity contribution in [3.63, 3.8) is 0 Å².